The highest BCUT2D eigenvalue weighted by Gasteiger charge is 2.47. The van der Waals surface area contributed by atoms with Gasteiger partial charge in [-0.3, -0.25) is 0 Å². The number of hydrogen-bond acceptors (Lipinski definition) is 5. The van der Waals surface area contributed by atoms with E-state index in [0.717, 1.165) is 0 Å². The smallest absolute Gasteiger partial charge is 0.412 e. The van der Waals surface area contributed by atoms with Gasteiger partial charge in [0.1, 0.15) is 0 Å². The maximum atomic E-state index is 13.9. The topological polar surface area (TPSA) is 81.4 Å². The van der Waals surface area contributed by atoms with E-state index in [4.69, 9.17) is 9.26 Å². The minimum atomic E-state index is -4.82. The number of nitrogens with one attached hydrogen (secondary N) is 1. The van der Waals surface area contributed by atoms with Gasteiger partial charge in [-0.05, 0) is 40.7 Å². The van der Waals surface area contributed by atoms with Crippen LogP contribution in [0.25, 0.3) is 11.1 Å². The number of benzene rings is 1. The summed E-state index contributed by atoms with van der Waals surface area (Å²) in [7, 11) is -2.04. The summed E-state index contributed by atoms with van der Waals surface area (Å²) in [6, 6.07) is 3.72. The van der Waals surface area contributed by atoms with E-state index in [1.54, 1.807) is 39.8 Å². The molecule has 0 saturated carbocycles. The molecule has 1 N–H and O–H groups in total. The van der Waals surface area contributed by atoms with Crippen LogP contribution >= 0.6 is 0 Å². The largest absolute Gasteiger partial charge is 0.462 e. The standard InChI is InChI=1S/C19H23F3N2O4S/c1-6-27-17(25)13-10-8-7-9-12(13)14-11(2)23-28-15(14)16(19(20,21)22)24-29(26)18(3,4)5/h7-10,16,24H,6H2,1-5H3. The number of carbonyl (C=O) groups excluding carboxylic acids is 1. The van der Waals surface area contributed by atoms with Gasteiger partial charge in [-0.25, -0.2) is 13.7 Å². The highest BCUT2D eigenvalue weighted by atomic mass is 32.2. The number of esters is 1. The molecule has 2 aromatic rings. The summed E-state index contributed by atoms with van der Waals surface area (Å²) in [5, 5.41) is 3.68. The zero-order valence-electron chi connectivity index (χ0n) is 16.7. The van der Waals surface area contributed by atoms with Crippen LogP contribution in [0.1, 0.15) is 55.5 Å². The predicted molar refractivity (Wildman–Crippen MR) is 102 cm³/mol. The number of carbonyl (C=O) groups is 1. The molecule has 1 heterocycles. The Balaban J connectivity index is 2.63. The van der Waals surface area contributed by atoms with E-state index in [0.29, 0.717) is 0 Å². The minimum absolute atomic E-state index is 0.00869. The van der Waals surface area contributed by atoms with E-state index >= 15 is 0 Å². The molecule has 6 nitrogen and oxygen atoms in total. The van der Waals surface area contributed by atoms with Gasteiger partial charge in [0.25, 0.3) is 0 Å². The van der Waals surface area contributed by atoms with Crippen LogP contribution in [-0.4, -0.2) is 32.9 Å². The van der Waals surface area contributed by atoms with E-state index in [2.05, 4.69) is 9.88 Å². The van der Waals surface area contributed by atoms with Crippen LogP contribution in [0.5, 0.6) is 0 Å². The number of aromatic nitrogens is 1. The van der Waals surface area contributed by atoms with Gasteiger partial charge in [-0.2, -0.15) is 13.2 Å². The first-order chi connectivity index (χ1) is 13.4. The zero-order chi connectivity index (χ0) is 22.0. The molecular formula is C19H23F3N2O4S. The van der Waals surface area contributed by atoms with Gasteiger partial charge < -0.3 is 9.26 Å². The van der Waals surface area contributed by atoms with Crippen LogP contribution < -0.4 is 4.72 Å². The number of ether oxygens (including phenoxy) is 1. The van der Waals surface area contributed by atoms with Crippen molar-refractivity contribution < 1.29 is 31.4 Å². The lowest BCUT2D eigenvalue weighted by atomic mass is 9.96. The van der Waals surface area contributed by atoms with Gasteiger partial charge in [-0.1, -0.05) is 23.4 Å². The molecule has 10 heteroatoms. The first-order valence-corrected chi connectivity index (χ1v) is 10.00. The second kappa shape index (κ2) is 8.66. The van der Waals surface area contributed by atoms with Crippen molar-refractivity contribution in [2.24, 2.45) is 0 Å². The third-order valence-corrected chi connectivity index (χ3v) is 5.51. The predicted octanol–water partition coefficient (Wildman–Crippen LogP) is 4.48. The Hall–Kier alpha value is -2.20. The molecule has 1 aromatic heterocycles. The number of alkyl halides is 3. The molecule has 0 amide bonds. The average Bonchev–Trinajstić information content (AvgIpc) is 2.98. The number of halogens is 3. The number of nitrogens with zero attached hydrogens (tertiary/aromatic N) is 1. The van der Waals surface area contributed by atoms with Crippen molar-refractivity contribution in [3.63, 3.8) is 0 Å². The first-order valence-electron chi connectivity index (χ1n) is 8.85. The van der Waals surface area contributed by atoms with Crippen molar-refractivity contribution in [3.8, 4) is 11.1 Å². The van der Waals surface area contributed by atoms with Crippen molar-refractivity contribution in [1.29, 1.82) is 0 Å². The fraction of sp³-hybridized carbons (Fsp3) is 0.474. The third-order valence-electron chi connectivity index (χ3n) is 3.95. The van der Waals surface area contributed by atoms with Gasteiger partial charge in [0.2, 0.25) is 0 Å². The van der Waals surface area contributed by atoms with Crippen LogP contribution in [0.3, 0.4) is 0 Å². The first kappa shape index (κ1) is 23.1. The second-order valence-corrected chi connectivity index (χ2v) is 9.24. The lowest BCUT2D eigenvalue weighted by Gasteiger charge is -2.25. The summed E-state index contributed by atoms with van der Waals surface area (Å²) in [5.41, 5.74) is 0.445. The zero-order valence-corrected chi connectivity index (χ0v) is 17.5. The van der Waals surface area contributed by atoms with E-state index in [9.17, 15) is 22.2 Å². The van der Waals surface area contributed by atoms with Crippen LogP contribution in [0.2, 0.25) is 0 Å². The Kier molecular flexibility index (Phi) is 6.89. The maximum Gasteiger partial charge on any atom is 0.412 e. The second-order valence-electron chi connectivity index (χ2n) is 7.25. The van der Waals surface area contributed by atoms with Crippen molar-refractivity contribution in [2.45, 2.75) is 51.6 Å². The lowest BCUT2D eigenvalue weighted by molar-refractivity contribution is -0.157. The Morgan fingerprint density at radius 3 is 2.45 bits per heavy atom. The Bertz CT molecular complexity index is 904. The summed E-state index contributed by atoms with van der Waals surface area (Å²) in [4.78, 5) is 12.3. The monoisotopic (exact) mass is 432 g/mol. The minimum Gasteiger partial charge on any atom is -0.462 e. The molecule has 0 fully saturated rings. The van der Waals surface area contributed by atoms with E-state index in [-0.39, 0.29) is 29.0 Å². The molecule has 2 unspecified atom stereocenters. The Morgan fingerprint density at radius 2 is 1.90 bits per heavy atom. The van der Waals surface area contributed by atoms with E-state index < -0.39 is 39.7 Å². The van der Waals surface area contributed by atoms with Crippen molar-refractivity contribution in [3.05, 3.63) is 41.3 Å². The molecule has 0 saturated heterocycles. The summed E-state index contributed by atoms with van der Waals surface area (Å²) in [5.74, 6) is -1.24. The quantitative estimate of drug-likeness (QED) is 0.681. The molecule has 0 bridgehead atoms. The van der Waals surface area contributed by atoms with Crippen LogP contribution in [0.15, 0.2) is 28.8 Å². The highest BCUT2D eigenvalue weighted by Crippen LogP contribution is 2.41. The van der Waals surface area contributed by atoms with Crippen molar-refractivity contribution >= 4 is 17.0 Å². The van der Waals surface area contributed by atoms with Gasteiger partial charge in [0.05, 0.1) is 39.2 Å². The third kappa shape index (κ3) is 5.24. The van der Waals surface area contributed by atoms with Gasteiger partial charge in [0, 0.05) is 5.56 Å². The van der Waals surface area contributed by atoms with Crippen LogP contribution in [-0.2, 0) is 15.7 Å². The maximum absolute atomic E-state index is 13.9. The SMILES string of the molecule is CCOC(=O)c1ccccc1-c1c(C)noc1C(NS(=O)C(C)(C)C)C(F)(F)F. The molecule has 0 aliphatic heterocycles. The van der Waals surface area contributed by atoms with E-state index in [1.165, 1.54) is 19.1 Å². The lowest BCUT2D eigenvalue weighted by Crippen LogP contribution is -2.41. The summed E-state index contributed by atoms with van der Waals surface area (Å²) in [6.45, 7) is 7.85. The van der Waals surface area contributed by atoms with Gasteiger partial charge in [0.15, 0.2) is 11.8 Å². The molecule has 0 spiro atoms. The normalized spacial score (nSPS) is 14.5. The fourth-order valence-corrected chi connectivity index (χ4v) is 3.36. The fourth-order valence-electron chi connectivity index (χ4n) is 2.55. The molecule has 1 aromatic carbocycles. The molecule has 2 atom stereocenters. The molecule has 29 heavy (non-hydrogen) atoms. The van der Waals surface area contributed by atoms with Gasteiger partial charge in [-0.15, -0.1) is 0 Å². The highest BCUT2D eigenvalue weighted by molar-refractivity contribution is 7.84. The average molecular weight is 432 g/mol. The molecular weight excluding hydrogens is 409 g/mol. The van der Waals surface area contributed by atoms with Crippen molar-refractivity contribution in [1.82, 2.24) is 9.88 Å². The van der Waals surface area contributed by atoms with Crippen LogP contribution in [0.4, 0.5) is 13.2 Å². The Labute approximate surface area is 169 Å². The molecule has 160 valence electrons. The van der Waals surface area contributed by atoms with Crippen LogP contribution in [0, 0.1) is 6.92 Å². The number of aryl methyl sites for hydroxylation is 1. The summed E-state index contributed by atoms with van der Waals surface area (Å²) in [6.07, 6.45) is -4.82. The number of rotatable bonds is 6. The molecule has 0 aliphatic rings. The summed E-state index contributed by atoms with van der Waals surface area (Å²) < 4.78 is 65.2. The van der Waals surface area contributed by atoms with Gasteiger partial charge >= 0.3 is 12.1 Å². The molecule has 0 aliphatic carbocycles. The number of hydrogen-bond donors (Lipinski definition) is 1. The Morgan fingerprint density at radius 1 is 1.28 bits per heavy atom. The van der Waals surface area contributed by atoms with E-state index in [1.807, 2.05) is 0 Å². The molecule has 0 radical (unpaired) electrons. The molecule has 2 rings (SSSR count). The summed E-state index contributed by atoms with van der Waals surface area (Å²) >= 11 is 0. The van der Waals surface area contributed by atoms with Crippen molar-refractivity contribution in [2.75, 3.05) is 6.61 Å².